The van der Waals surface area contributed by atoms with E-state index in [4.69, 9.17) is 11.6 Å². The summed E-state index contributed by atoms with van der Waals surface area (Å²) in [6, 6.07) is 14.3. The van der Waals surface area contributed by atoms with E-state index in [0.29, 0.717) is 11.7 Å². The standard InChI is InChI=1S/C24H28ClN5OS/c1-17-8-9-21(12-18(17)2)30-16-27-28-24(30)32-15-23(31)26-14-22(29-10-3-4-11-29)19-6-5-7-20(25)13-19/h5-9,12-13,16,22H,3-4,10-11,14-15H2,1-2H3,(H,26,31). The minimum absolute atomic E-state index is 0.0177. The van der Waals surface area contributed by atoms with Crippen LogP contribution in [0.15, 0.2) is 53.9 Å². The van der Waals surface area contributed by atoms with Gasteiger partial charge in [0.1, 0.15) is 6.33 Å². The van der Waals surface area contributed by atoms with Crippen molar-refractivity contribution < 1.29 is 4.79 Å². The van der Waals surface area contributed by atoms with E-state index < -0.39 is 0 Å². The minimum atomic E-state index is -0.0177. The number of benzene rings is 2. The first-order valence-corrected chi connectivity index (χ1v) is 12.2. The van der Waals surface area contributed by atoms with Crippen LogP contribution < -0.4 is 5.32 Å². The smallest absolute Gasteiger partial charge is 0.230 e. The highest BCUT2D eigenvalue weighted by atomic mass is 35.5. The topological polar surface area (TPSA) is 63.1 Å². The van der Waals surface area contributed by atoms with Gasteiger partial charge in [-0.25, -0.2) is 0 Å². The summed E-state index contributed by atoms with van der Waals surface area (Å²) >= 11 is 7.62. The summed E-state index contributed by atoms with van der Waals surface area (Å²) in [5.74, 6) is 0.266. The third-order valence-corrected chi connectivity index (χ3v) is 7.10. The molecule has 2 heterocycles. The van der Waals surface area contributed by atoms with Gasteiger partial charge in [0.2, 0.25) is 5.91 Å². The van der Waals surface area contributed by atoms with Crippen LogP contribution >= 0.6 is 23.4 Å². The Labute approximate surface area is 198 Å². The second-order valence-electron chi connectivity index (χ2n) is 8.16. The molecule has 1 N–H and O–H groups in total. The molecule has 2 aromatic carbocycles. The number of carbonyl (C=O) groups is 1. The van der Waals surface area contributed by atoms with Crippen molar-refractivity contribution in [2.45, 2.75) is 37.9 Å². The molecular weight excluding hydrogens is 442 g/mol. The Hall–Kier alpha value is -2.35. The Morgan fingerprint density at radius 2 is 1.97 bits per heavy atom. The van der Waals surface area contributed by atoms with Gasteiger partial charge in [0.15, 0.2) is 5.16 Å². The summed E-state index contributed by atoms with van der Waals surface area (Å²) in [6.45, 7) is 6.82. The summed E-state index contributed by atoms with van der Waals surface area (Å²) in [7, 11) is 0. The molecule has 0 spiro atoms. The molecule has 1 amide bonds. The summed E-state index contributed by atoms with van der Waals surface area (Å²) in [4.78, 5) is 15.1. The molecular formula is C24H28ClN5OS. The number of thioether (sulfide) groups is 1. The molecule has 8 heteroatoms. The fraction of sp³-hybridized carbons (Fsp3) is 0.375. The monoisotopic (exact) mass is 469 g/mol. The lowest BCUT2D eigenvalue weighted by Crippen LogP contribution is -2.37. The van der Waals surface area contributed by atoms with Crippen LogP contribution in [-0.4, -0.2) is 51.0 Å². The molecule has 4 rings (SSSR count). The Bertz CT molecular complexity index is 1080. The Morgan fingerprint density at radius 3 is 2.72 bits per heavy atom. The molecule has 0 aliphatic carbocycles. The van der Waals surface area contributed by atoms with Crippen molar-refractivity contribution in [3.8, 4) is 5.69 Å². The lowest BCUT2D eigenvalue weighted by atomic mass is 10.1. The van der Waals surface area contributed by atoms with Crippen LogP contribution in [0.1, 0.15) is 35.6 Å². The number of likely N-dealkylation sites (tertiary alicyclic amines) is 1. The summed E-state index contributed by atoms with van der Waals surface area (Å²) < 4.78 is 1.92. The first-order valence-electron chi connectivity index (χ1n) is 10.9. The van der Waals surface area contributed by atoms with Crippen LogP contribution in [0.25, 0.3) is 5.69 Å². The van der Waals surface area contributed by atoms with Crippen LogP contribution in [0, 0.1) is 13.8 Å². The zero-order chi connectivity index (χ0) is 22.5. The molecule has 32 heavy (non-hydrogen) atoms. The number of amides is 1. The van der Waals surface area contributed by atoms with Crippen molar-refractivity contribution >= 4 is 29.3 Å². The van der Waals surface area contributed by atoms with Crippen molar-refractivity contribution in [1.29, 1.82) is 0 Å². The van der Waals surface area contributed by atoms with Gasteiger partial charge in [0.25, 0.3) is 0 Å². The highest BCUT2D eigenvalue weighted by Gasteiger charge is 2.24. The van der Waals surface area contributed by atoms with Gasteiger partial charge in [0, 0.05) is 17.3 Å². The van der Waals surface area contributed by atoms with E-state index in [1.165, 1.54) is 35.7 Å². The predicted molar refractivity (Wildman–Crippen MR) is 130 cm³/mol. The number of aryl methyl sites for hydroxylation is 2. The van der Waals surface area contributed by atoms with E-state index >= 15 is 0 Å². The van der Waals surface area contributed by atoms with Gasteiger partial charge >= 0.3 is 0 Å². The maximum Gasteiger partial charge on any atom is 0.230 e. The average molecular weight is 470 g/mol. The molecule has 1 aromatic heterocycles. The molecule has 168 valence electrons. The maximum absolute atomic E-state index is 12.7. The van der Waals surface area contributed by atoms with Crippen molar-refractivity contribution in [2.24, 2.45) is 0 Å². The van der Waals surface area contributed by atoms with Crippen LogP contribution in [0.3, 0.4) is 0 Å². The van der Waals surface area contributed by atoms with Crippen LogP contribution in [0.5, 0.6) is 0 Å². The predicted octanol–water partition coefficient (Wildman–Crippen LogP) is 4.58. The van der Waals surface area contributed by atoms with E-state index in [2.05, 4.69) is 52.5 Å². The van der Waals surface area contributed by atoms with Gasteiger partial charge in [-0.05, 0) is 80.7 Å². The molecule has 0 radical (unpaired) electrons. The van der Waals surface area contributed by atoms with E-state index in [-0.39, 0.29) is 17.7 Å². The number of hydrogen-bond acceptors (Lipinski definition) is 5. The summed E-state index contributed by atoms with van der Waals surface area (Å²) in [5, 5.41) is 12.8. The van der Waals surface area contributed by atoms with Gasteiger partial charge in [-0.3, -0.25) is 14.3 Å². The van der Waals surface area contributed by atoms with Crippen molar-refractivity contribution in [1.82, 2.24) is 25.0 Å². The Kier molecular flexibility index (Phi) is 7.50. The third-order valence-electron chi connectivity index (χ3n) is 5.92. The van der Waals surface area contributed by atoms with Gasteiger partial charge in [0.05, 0.1) is 11.8 Å². The molecule has 1 aliphatic rings. The zero-order valence-corrected chi connectivity index (χ0v) is 20.0. The molecule has 6 nitrogen and oxygen atoms in total. The number of hydrogen-bond donors (Lipinski definition) is 1. The average Bonchev–Trinajstić information content (AvgIpc) is 3.47. The third kappa shape index (κ3) is 5.52. The van der Waals surface area contributed by atoms with E-state index in [1.807, 2.05) is 28.8 Å². The van der Waals surface area contributed by atoms with Crippen molar-refractivity contribution in [3.63, 3.8) is 0 Å². The number of nitrogens with zero attached hydrogens (tertiary/aromatic N) is 4. The quantitative estimate of drug-likeness (QED) is 0.489. The number of aromatic nitrogens is 3. The van der Waals surface area contributed by atoms with Crippen LogP contribution in [0.4, 0.5) is 0 Å². The fourth-order valence-corrected chi connectivity index (χ4v) is 4.95. The van der Waals surface area contributed by atoms with Gasteiger partial charge in [-0.1, -0.05) is 41.6 Å². The molecule has 1 fully saturated rings. The lowest BCUT2D eigenvalue weighted by molar-refractivity contribution is -0.118. The van der Waals surface area contributed by atoms with Crippen LogP contribution in [0.2, 0.25) is 5.02 Å². The number of carbonyl (C=O) groups excluding carboxylic acids is 1. The molecule has 0 saturated carbocycles. The first-order chi connectivity index (χ1) is 15.5. The lowest BCUT2D eigenvalue weighted by Gasteiger charge is -2.28. The van der Waals surface area contributed by atoms with Crippen molar-refractivity contribution in [3.05, 3.63) is 70.5 Å². The molecule has 0 bridgehead atoms. The highest BCUT2D eigenvalue weighted by molar-refractivity contribution is 7.99. The Morgan fingerprint density at radius 1 is 1.16 bits per heavy atom. The largest absolute Gasteiger partial charge is 0.353 e. The van der Waals surface area contributed by atoms with Gasteiger partial charge in [-0.2, -0.15) is 0 Å². The fourth-order valence-electron chi connectivity index (χ4n) is 3.99. The number of nitrogens with one attached hydrogen (secondary N) is 1. The van der Waals surface area contributed by atoms with E-state index in [0.717, 1.165) is 29.4 Å². The number of halogens is 1. The maximum atomic E-state index is 12.7. The summed E-state index contributed by atoms with van der Waals surface area (Å²) in [5.41, 5.74) is 4.58. The molecule has 3 aromatic rings. The van der Waals surface area contributed by atoms with Crippen molar-refractivity contribution in [2.75, 3.05) is 25.4 Å². The normalized spacial score (nSPS) is 15.1. The van der Waals surface area contributed by atoms with Gasteiger partial charge < -0.3 is 5.32 Å². The zero-order valence-electron chi connectivity index (χ0n) is 18.4. The van der Waals surface area contributed by atoms with E-state index in [9.17, 15) is 4.79 Å². The minimum Gasteiger partial charge on any atom is -0.353 e. The second kappa shape index (κ2) is 10.5. The van der Waals surface area contributed by atoms with E-state index in [1.54, 1.807) is 6.33 Å². The first kappa shape index (κ1) is 22.8. The molecule has 1 atom stereocenters. The van der Waals surface area contributed by atoms with Gasteiger partial charge in [-0.15, -0.1) is 10.2 Å². The SMILES string of the molecule is Cc1ccc(-n2cnnc2SCC(=O)NCC(c2cccc(Cl)c2)N2CCCC2)cc1C. The number of rotatable bonds is 8. The summed E-state index contributed by atoms with van der Waals surface area (Å²) in [6.07, 6.45) is 4.07. The Balaban J connectivity index is 1.37. The molecule has 1 aliphatic heterocycles. The second-order valence-corrected chi connectivity index (χ2v) is 9.54. The van der Waals surface area contributed by atoms with Crippen LogP contribution in [-0.2, 0) is 4.79 Å². The molecule has 1 unspecified atom stereocenters. The highest BCUT2D eigenvalue weighted by Crippen LogP contribution is 2.27. The molecule has 1 saturated heterocycles.